The predicted octanol–water partition coefficient (Wildman–Crippen LogP) is 2.26. The number of hydrogen-bond acceptors (Lipinski definition) is 3. The Hall–Kier alpha value is -1.74. The average molecular weight is 215 g/mol. The zero-order chi connectivity index (χ0) is 11.0. The third kappa shape index (κ3) is 1.49. The normalized spacial score (nSPS) is 15.6. The van der Waals surface area contributed by atoms with Crippen LogP contribution < -0.4 is 10.5 Å². The summed E-state index contributed by atoms with van der Waals surface area (Å²) in [4.78, 5) is 0. The Balaban J connectivity index is 1.95. The summed E-state index contributed by atoms with van der Waals surface area (Å²) in [5, 5.41) is 0. The molecule has 0 spiro atoms. The smallest absolute Gasteiger partial charge is 0.124 e. The van der Waals surface area contributed by atoms with Gasteiger partial charge in [0, 0.05) is 6.42 Å². The first-order valence-electron chi connectivity index (χ1n) is 5.39. The Bertz CT molecular complexity index is 491. The Morgan fingerprint density at radius 2 is 2.19 bits per heavy atom. The molecule has 0 fully saturated rings. The summed E-state index contributed by atoms with van der Waals surface area (Å²) < 4.78 is 10.8. The first-order valence-corrected chi connectivity index (χ1v) is 5.39. The van der Waals surface area contributed by atoms with E-state index in [0.29, 0.717) is 0 Å². The standard InChI is InChI=1S/C13H13NO2/c14-13(12-2-1-6-15-12)10-3-4-11-9(8-10)5-7-16-11/h1-4,6,8,13H,5,7,14H2. The second-order valence-electron chi connectivity index (χ2n) is 3.96. The number of fused-ring (bicyclic) bond motifs is 1. The molecule has 0 saturated carbocycles. The number of hydrogen-bond donors (Lipinski definition) is 1. The second-order valence-corrected chi connectivity index (χ2v) is 3.96. The first kappa shape index (κ1) is 9.48. The minimum absolute atomic E-state index is 0.194. The SMILES string of the molecule is NC(c1ccc2c(c1)CCO2)c1ccco1. The molecule has 1 atom stereocenters. The van der Waals surface area contributed by atoms with Gasteiger partial charge >= 0.3 is 0 Å². The molecule has 82 valence electrons. The van der Waals surface area contributed by atoms with Gasteiger partial charge in [0.15, 0.2) is 0 Å². The Labute approximate surface area is 93.8 Å². The molecule has 0 bridgehead atoms. The van der Waals surface area contributed by atoms with Crippen LogP contribution in [0, 0.1) is 0 Å². The lowest BCUT2D eigenvalue weighted by atomic mass is 10.0. The van der Waals surface area contributed by atoms with Crippen molar-refractivity contribution in [3.05, 3.63) is 53.5 Å². The Kier molecular flexibility index (Phi) is 2.18. The summed E-state index contributed by atoms with van der Waals surface area (Å²) >= 11 is 0. The van der Waals surface area contributed by atoms with E-state index in [1.165, 1.54) is 5.56 Å². The molecule has 2 aromatic rings. The summed E-state index contributed by atoms with van der Waals surface area (Å²) in [6, 6.07) is 9.65. The number of benzene rings is 1. The zero-order valence-corrected chi connectivity index (χ0v) is 8.85. The van der Waals surface area contributed by atoms with Gasteiger partial charge in [-0.3, -0.25) is 0 Å². The van der Waals surface area contributed by atoms with Crippen LogP contribution in [0.25, 0.3) is 0 Å². The van der Waals surface area contributed by atoms with Gasteiger partial charge in [-0.1, -0.05) is 6.07 Å². The topological polar surface area (TPSA) is 48.4 Å². The molecule has 0 radical (unpaired) electrons. The van der Waals surface area contributed by atoms with Gasteiger partial charge in [-0.2, -0.15) is 0 Å². The van der Waals surface area contributed by atoms with Crippen LogP contribution >= 0.6 is 0 Å². The van der Waals surface area contributed by atoms with Crippen molar-refractivity contribution in [2.75, 3.05) is 6.61 Å². The third-order valence-electron chi connectivity index (χ3n) is 2.92. The van der Waals surface area contributed by atoms with Crippen molar-refractivity contribution >= 4 is 0 Å². The monoisotopic (exact) mass is 215 g/mol. The maximum Gasteiger partial charge on any atom is 0.124 e. The van der Waals surface area contributed by atoms with Crippen LogP contribution in [-0.2, 0) is 6.42 Å². The lowest BCUT2D eigenvalue weighted by Crippen LogP contribution is -2.10. The van der Waals surface area contributed by atoms with Gasteiger partial charge in [-0.25, -0.2) is 0 Å². The zero-order valence-electron chi connectivity index (χ0n) is 8.85. The maximum atomic E-state index is 6.12. The summed E-state index contributed by atoms with van der Waals surface area (Å²) in [6.07, 6.45) is 2.61. The van der Waals surface area contributed by atoms with Crippen LogP contribution in [0.3, 0.4) is 0 Å². The minimum atomic E-state index is -0.194. The van der Waals surface area contributed by atoms with Gasteiger partial charge in [0.05, 0.1) is 18.9 Å². The van der Waals surface area contributed by atoms with Crippen LogP contribution in [0.1, 0.15) is 22.9 Å². The molecule has 0 aliphatic carbocycles. The summed E-state index contributed by atoms with van der Waals surface area (Å²) in [5.74, 6) is 1.77. The highest BCUT2D eigenvalue weighted by Gasteiger charge is 2.16. The predicted molar refractivity (Wildman–Crippen MR) is 60.4 cm³/mol. The van der Waals surface area contributed by atoms with Gasteiger partial charge in [0.25, 0.3) is 0 Å². The molecule has 16 heavy (non-hydrogen) atoms. The lowest BCUT2D eigenvalue weighted by molar-refractivity contribution is 0.357. The van der Waals surface area contributed by atoms with Gasteiger partial charge in [-0.15, -0.1) is 0 Å². The summed E-state index contributed by atoms with van der Waals surface area (Å²) in [5.41, 5.74) is 8.42. The first-order chi connectivity index (χ1) is 7.84. The molecule has 1 aliphatic rings. The van der Waals surface area contributed by atoms with Gasteiger partial charge in [0.1, 0.15) is 11.5 Å². The summed E-state index contributed by atoms with van der Waals surface area (Å²) in [7, 11) is 0. The Morgan fingerprint density at radius 1 is 1.25 bits per heavy atom. The van der Waals surface area contributed by atoms with Crippen molar-refractivity contribution < 1.29 is 9.15 Å². The molecule has 1 aliphatic heterocycles. The van der Waals surface area contributed by atoms with Crippen molar-refractivity contribution in [1.29, 1.82) is 0 Å². The van der Waals surface area contributed by atoms with Crippen molar-refractivity contribution in [1.82, 2.24) is 0 Å². The maximum absolute atomic E-state index is 6.12. The van der Waals surface area contributed by atoms with Gasteiger partial charge in [-0.05, 0) is 35.4 Å². The largest absolute Gasteiger partial charge is 0.493 e. The van der Waals surface area contributed by atoms with E-state index in [4.69, 9.17) is 14.9 Å². The van der Waals surface area contributed by atoms with Crippen LogP contribution in [0.4, 0.5) is 0 Å². The average Bonchev–Trinajstić information content (AvgIpc) is 2.98. The number of furan rings is 1. The third-order valence-corrected chi connectivity index (χ3v) is 2.92. The molecule has 2 N–H and O–H groups in total. The van der Waals surface area contributed by atoms with E-state index in [2.05, 4.69) is 6.07 Å². The van der Waals surface area contributed by atoms with Crippen LogP contribution in [0.15, 0.2) is 41.0 Å². The molecule has 3 heteroatoms. The fourth-order valence-corrected chi connectivity index (χ4v) is 2.03. The number of ether oxygens (including phenoxy) is 1. The van der Waals surface area contributed by atoms with E-state index >= 15 is 0 Å². The number of rotatable bonds is 2. The van der Waals surface area contributed by atoms with E-state index in [0.717, 1.165) is 30.1 Å². The molecule has 3 nitrogen and oxygen atoms in total. The van der Waals surface area contributed by atoms with E-state index < -0.39 is 0 Å². The van der Waals surface area contributed by atoms with E-state index in [-0.39, 0.29) is 6.04 Å². The summed E-state index contributed by atoms with van der Waals surface area (Å²) in [6.45, 7) is 0.773. The lowest BCUT2D eigenvalue weighted by Gasteiger charge is -2.10. The molecular weight excluding hydrogens is 202 g/mol. The quantitative estimate of drug-likeness (QED) is 0.835. The van der Waals surface area contributed by atoms with Crippen LogP contribution in [-0.4, -0.2) is 6.61 Å². The highest BCUT2D eigenvalue weighted by molar-refractivity contribution is 5.42. The van der Waals surface area contributed by atoms with Gasteiger partial charge < -0.3 is 14.9 Å². The molecule has 3 rings (SSSR count). The van der Waals surface area contributed by atoms with Crippen LogP contribution in [0.2, 0.25) is 0 Å². The molecule has 2 heterocycles. The molecule has 1 aromatic carbocycles. The fraction of sp³-hybridized carbons (Fsp3) is 0.231. The van der Waals surface area contributed by atoms with Crippen molar-refractivity contribution in [2.24, 2.45) is 5.73 Å². The highest BCUT2D eigenvalue weighted by atomic mass is 16.5. The van der Waals surface area contributed by atoms with E-state index in [9.17, 15) is 0 Å². The molecule has 1 aromatic heterocycles. The molecule has 0 amide bonds. The molecular formula is C13H13NO2. The van der Waals surface area contributed by atoms with Crippen molar-refractivity contribution in [2.45, 2.75) is 12.5 Å². The van der Waals surface area contributed by atoms with Crippen molar-refractivity contribution in [3.63, 3.8) is 0 Å². The van der Waals surface area contributed by atoms with E-state index in [1.807, 2.05) is 24.3 Å². The molecule has 0 saturated heterocycles. The number of nitrogens with two attached hydrogens (primary N) is 1. The van der Waals surface area contributed by atoms with E-state index in [1.54, 1.807) is 6.26 Å². The van der Waals surface area contributed by atoms with Crippen LogP contribution in [0.5, 0.6) is 5.75 Å². The minimum Gasteiger partial charge on any atom is -0.493 e. The second kappa shape index (κ2) is 3.68. The molecule has 1 unspecified atom stereocenters. The van der Waals surface area contributed by atoms with Crippen molar-refractivity contribution in [3.8, 4) is 5.75 Å². The highest BCUT2D eigenvalue weighted by Crippen LogP contribution is 2.29. The fourth-order valence-electron chi connectivity index (χ4n) is 2.03. The van der Waals surface area contributed by atoms with Gasteiger partial charge in [0.2, 0.25) is 0 Å². The Morgan fingerprint density at radius 3 is 3.00 bits per heavy atom.